The summed E-state index contributed by atoms with van der Waals surface area (Å²) in [5.74, 6) is -0.466. The van der Waals surface area contributed by atoms with Gasteiger partial charge in [-0.25, -0.2) is 23.9 Å². The van der Waals surface area contributed by atoms with Gasteiger partial charge in [0.25, 0.3) is 5.91 Å². The summed E-state index contributed by atoms with van der Waals surface area (Å²) >= 11 is 0. The first-order chi connectivity index (χ1) is 12.0. The van der Waals surface area contributed by atoms with Gasteiger partial charge in [0.15, 0.2) is 20.4 Å². The Hall–Kier alpha value is -2.36. The zero-order valence-corrected chi connectivity index (χ0v) is 14.1. The maximum Gasteiger partial charge on any atom is 0.265 e. The van der Waals surface area contributed by atoms with Crippen molar-refractivity contribution in [3.63, 3.8) is 0 Å². The molecule has 132 valence electrons. The Morgan fingerprint density at radius 1 is 1.12 bits per heavy atom. The fourth-order valence-corrected chi connectivity index (χ4v) is 4.82. The quantitative estimate of drug-likeness (QED) is 0.614. The molecule has 1 aromatic carbocycles. The van der Waals surface area contributed by atoms with E-state index in [1.54, 1.807) is 30.6 Å². The van der Waals surface area contributed by atoms with Crippen LogP contribution in [0.25, 0.3) is 11.4 Å². The summed E-state index contributed by atoms with van der Waals surface area (Å²) < 4.78 is 29.6. The lowest BCUT2D eigenvalue weighted by atomic mass is 9.98. The predicted octanol–water partition coefficient (Wildman–Crippen LogP) is 0.972. The Morgan fingerprint density at radius 2 is 1.72 bits per heavy atom. The molecule has 25 heavy (non-hydrogen) atoms. The van der Waals surface area contributed by atoms with Gasteiger partial charge in [0, 0.05) is 31.2 Å². The fourth-order valence-electron chi connectivity index (χ4n) is 2.88. The first kappa shape index (κ1) is 17.5. The van der Waals surface area contributed by atoms with Gasteiger partial charge in [0.2, 0.25) is 0 Å². The Bertz CT molecular complexity index is 847. The van der Waals surface area contributed by atoms with Gasteiger partial charge in [-0.1, -0.05) is 0 Å². The lowest BCUT2D eigenvalue weighted by molar-refractivity contribution is -0.134. The van der Waals surface area contributed by atoms with E-state index in [0.717, 1.165) is 0 Å². The molecule has 1 saturated heterocycles. The number of amides is 1. The van der Waals surface area contributed by atoms with Gasteiger partial charge in [0.05, 0.1) is 4.90 Å². The summed E-state index contributed by atoms with van der Waals surface area (Å²) in [4.78, 5) is 20.4. The second-order valence-corrected chi connectivity index (χ2v) is 7.91. The van der Waals surface area contributed by atoms with Crippen molar-refractivity contribution < 1.29 is 23.2 Å². The highest BCUT2D eigenvalue weighted by Gasteiger charge is 2.52. The molecule has 0 atom stereocenters. The molecule has 0 bridgehead atoms. The van der Waals surface area contributed by atoms with Crippen molar-refractivity contribution in [2.75, 3.05) is 13.2 Å². The monoisotopic (exact) mass is 363 g/mol. The van der Waals surface area contributed by atoms with Crippen LogP contribution in [0.15, 0.2) is 47.6 Å². The number of nitrogens with zero attached hydrogens (tertiary/aromatic N) is 2. The van der Waals surface area contributed by atoms with Crippen molar-refractivity contribution in [1.82, 2.24) is 15.4 Å². The minimum atomic E-state index is -4.03. The molecule has 1 aromatic heterocycles. The number of rotatable bonds is 4. The van der Waals surface area contributed by atoms with Crippen molar-refractivity contribution in [2.45, 2.75) is 22.5 Å². The minimum Gasteiger partial charge on any atom is -0.381 e. The fraction of sp³-hybridized carbons (Fsp3) is 0.312. The minimum absolute atomic E-state index is 0.00215. The van der Waals surface area contributed by atoms with Crippen LogP contribution in [0.1, 0.15) is 12.8 Å². The van der Waals surface area contributed by atoms with Gasteiger partial charge < -0.3 is 4.74 Å². The van der Waals surface area contributed by atoms with E-state index >= 15 is 0 Å². The van der Waals surface area contributed by atoms with Gasteiger partial charge in [-0.2, -0.15) is 0 Å². The molecule has 2 heterocycles. The van der Waals surface area contributed by atoms with Crippen molar-refractivity contribution in [2.24, 2.45) is 0 Å². The summed E-state index contributed by atoms with van der Waals surface area (Å²) in [5.41, 5.74) is 2.15. The molecule has 0 unspecified atom stereocenters. The number of sulfone groups is 1. The molecular formula is C16H17N3O5S. The third-order valence-electron chi connectivity index (χ3n) is 4.32. The van der Waals surface area contributed by atoms with Crippen LogP contribution in [0, 0.1) is 0 Å². The highest BCUT2D eigenvalue weighted by Crippen LogP contribution is 2.35. The second-order valence-electron chi connectivity index (χ2n) is 5.65. The van der Waals surface area contributed by atoms with Crippen molar-refractivity contribution in [1.29, 1.82) is 0 Å². The van der Waals surface area contributed by atoms with E-state index in [1.165, 1.54) is 17.6 Å². The summed E-state index contributed by atoms with van der Waals surface area (Å²) in [6.07, 6.45) is 3.14. The summed E-state index contributed by atoms with van der Waals surface area (Å²) in [7, 11) is -4.03. The van der Waals surface area contributed by atoms with E-state index < -0.39 is 20.5 Å². The number of aromatic nitrogens is 2. The molecule has 0 spiro atoms. The number of hydrogen-bond donors (Lipinski definition) is 2. The van der Waals surface area contributed by atoms with E-state index in [9.17, 15) is 13.2 Å². The smallest absolute Gasteiger partial charge is 0.265 e. The largest absolute Gasteiger partial charge is 0.381 e. The molecule has 2 N–H and O–H groups in total. The number of hydrogen-bond acceptors (Lipinski definition) is 7. The highest BCUT2D eigenvalue weighted by molar-refractivity contribution is 7.93. The molecule has 1 fully saturated rings. The molecule has 1 aliphatic rings. The topological polar surface area (TPSA) is 118 Å². The molecule has 0 aliphatic carbocycles. The first-order valence-electron chi connectivity index (χ1n) is 7.66. The van der Waals surface area contributed by atoms with Gasteiger partial charge in [-0.3, -0.25) is 10.0 Å². The summed E-state index contributed by atoms with van der Waals surface area (Å²) in [5, 5.41) is 9.03. The molecule has 9 heteroatoms. The molecule has 1 aliphatic heterocycles. The number of ether oxygens (including phenoxy) is 1. The van der Waals surface area contributed by atoms with Gasteiger partial charge in [-0.05, 0) is 43.2 Å². The maximum absolute atomic E-state index is 13.1. The SMILES string of the molecule is O=C(NO)C1(S(=O)(=O)c2ccc(-c3ncccn3)cc2)CCOCC1. The van der Waals surface area contributed by atoms with Gasteiger partial charge in [0.1, 0.15) is 0 Å². The van der Waals surface area contributed by atoms with E-state index in [4.69, 9.17) is 9.94 Å². The third kappa shape index (κ3) is 3.01. The van der Waals surface area contributed by atoms with E-state index in [0.29, 0.717) is 11.4 Å². The Balaban J connectivity index is 2.00. The molecule has 8 nitrogen and oxygen atoms in total. The van der Waals surface area contributed by atoms with Crippen LogP contribution in [0.4, 0.5) is 0 Å². The van der Waals surface area contributed by atoms with Crippen LogP contribution in [-0.4, -0.2) is 47.5 Å². The number of hydroxylamine groups is 1. The Morgan fingerprint density at radius 3 is 2.28 bits per heavy atom. The third-order valence-corrected chi connectivity index (χ3v) is 6.83. The zero-order chi connectivity index (χ0) is 17.9. The van der Waals surface area contributed by atoms with Crippen molar-refractivity contribution in [3.05, 3.63) is 42.7 Å². The lowest BCUT2D eigenvalue weighted by Gasteiger charge is -2.34. The second kappa shape index (κ2) is 6.87. The Labute approximate surface area is 144 Å². The van der Waals surface area contributed by atoms with Crippen LogP contribution < -0.4 is 5.48 Å². The average molecular weight is 363 g/mol. The number of nitrogens with one attached hydrogen (secondary N) is 1. The number of benzene rings is 1. The first-order valence-corrected chi connectivity index (χ1v) is 9.14. The Kier molecular flexibility index (Phi) is 4.80. The van der Waals surface area contributed by atoms with E-state index in [2.05, 4.69) is 9.97 Å². The molecule has 2 aromatic rings. The van der Waals surface area contributed by atoms with Crippen LogP contribution >= 0.6 is 0 Å². The van der Waals surface area contributed by atoms with Crippen molar-refractivity contribution >= 4 is 15.7 Å². The van der Waals surface area contributed by atoms with Crippen molar-refractivity contribution in [3.8, 4) is 11.4 Å². The molecular weight excluding hydrogens is 346 g/mol. The maximum atomic E-state index is 13.1. The lowest BCUT2D eigenvalue weighted by Crippen LogP contribution is -2.54. The number of carbonyl (C=O) groups excluding carboxylic acids is 1. The van der Waals surface area contributed by atoms with Crippen LogP contribution in [0.5, 0.6) is 0 Å². The molecule has 1 amide bonds. The van der Waals surface area contributed by atoms with Crippen LogP contribution in [-0.2, 0) is 19.4 Å². The average Bonchev–Trinajstić information content (AvgIpc) is 2.68. The summed E-state index contributed by atoms with van der Waals surface area (Å²) in [6.45, 7) is 0.255. The normalized spacial score (nSPS) is 17.0. The molecule has 0 saturated carbocycles. The zero-order valence-electron chi connectivity index (χ0n) is 13.3. The van der Waals surface area contributed by atoms with E-state index in [1.807, 2.05) is 0 Å². The summed E-state index contributed by atoms with van der Waals surface area (Å²) in [6, 6.07) is 7.70. The van der Waals surface area contributed by atoms with Crippen LogP contribution in [0.3, 0.4) is 0 Å². The standard InChI is InChI=1S/C16H17N3O5S/c20-15(19-21)16(6-10-24-11-7-16)25(22,23)13-4-2-12(3-5-13)14-17-8-1-9-18-14/h1-5,8-9,21H,6-7,10-11H2,(H,19,20). The highest BCUT2D eigenvalue weighted by atomic mass is 32.2. The predicted molar refractivity (Wildman–Crippen MR) is 87.4 cm³/mol. The van der Waals surface area contributed by atoms with Gasteiger partial charge in [-0.15, -0.1) is 0 Å². The number of carbonyl (C=O) groups is 1. The van der Waals surface area contributed by atoms with Gasteiger partial charge >= 0.3 is 0 Å². The van der Waals surface area contributed by atoms with Crippen LogP contribution in [0.2, 0.25) is 0 Å². The molecule has 3 rings (SSSR count). The molecule has 0 radical (unpaired) electrons. The van der Waals surface area contributed by atoms with E-state index in [-0.39, 0.29) is 31.0 Å².